The van der Waals surface area contributed by atoms with Crippen molar-refractivity contribution >= 4 is 44.3 Å². The summed E-state index contributed by atoms with van der Waals surface area (Å²) in [7, 11) is 0. The number of amides is 1. The Balaban J connectivity index is 1.84. The molecule has 1 amide bonds. The Kier molecular flexibility index (Phi) is 4.20. The number of carbonyl (C=O) groups is 2. The molecule has 2 heterocycles. The highest BCUT2D eigenvalue weighted by atomic mass is 79.9. The van der Waals surface area contributed by atoms with E-state index < -0.39 is 17.5 Å². The lowest BCUT2D eigenvalue weighted by Gasteiger charge is -2.32. The molecule has 0 fully saturated rings. The molecule has 1 aliphatic rings. The molecular weight excluding hydrogens is 382 g/mol. The maximum Gasteiger partial charge on any atom is 0.339 e. The van der Waals surface area contributed by atoms with Crippen LogP contribution in [0.2, 0.25) is 0 Å². The molecule has 1 aromatic heterocycles. The number of halogens is 1. The molecule has 0 spiro atoms. The number of aromatic nitrogens is 2. The first-order chi connectivity index (χ1) is 10.9. The molecule has 1 aliphatic heterocycles. The van der Waals surface area contributed by atoms with E-state index in [0.29, 0.717) is 17.1 Å². The SMILES string of the molecule is CCc1nnc(NC(=O)C2(C)Cc3cc(Br)ccc3C(=O)O2)s1. The normalized spacial score (nSPS) is 19.9. The maximum absolute atomic E-state index is 12.6. The number of carbonyl (C=O) groups excluding carboxylic acids is 2. The molecule has 120 valence electrons. The van der Waals surface area contributed by atoms with Gasteiger partial charge in [-0.25, -0.2) is 4.79 Å². The van der Waals surface area contributed by atoms with Gasteiger partial charge in [0.25, 0.3) is 5.91 Å². The van der Waals surface area contributed by atoms with Gasteiger partial charge in [0, 0.05) is 10.9 Å². The average molecular weight is 396 g/mol. The third kappa shape index (κ3) is 3.13. The number of hydrogen-bond donors (Lipinski definition) is 1. The van der Waals surface area contributed by atoms with Gasteiger partial charge in [-0.05, 0) is 37.1 Å². The number of anilines is 1. The van der Waals surface area contributed by atoms with Crippen LogP contribution in [0.15, 0.2) is 22.7 Å². The van der Waals surface area contributed by atoms with Gasteiger partial charge in [0.2, 0.25) is 5.13 Å². The molecule has 1 atom stereocenters. The van der Waals surface area contributed by atoms with Gasteiger partial charge in [-0.1, -0.05) is 34.2 Å². The summed E-state index contributed by atoms with van der Waals surface area (Å²) in [6.07, 6.45) is 1.06. The third-order valence-corrected chi connectivity index (χ3v) is 5.08. The first-order valence-electron chi connectivity index (χ1n) is 7.07. The summed E-state index contributed by atoms with van der Waals surface area (Å²) in [6.45, 7) is 3.57. The summed E-state index contributed by atoms with van der Waals surface area (Å²) >= 11 is 4.69. The molecule has 0 aliphatic carbocycles. The molecule has 0 bridgehead atoms. The van der Waals surface area contributed by atoms with Crippen LogP contribution in [0.4, 0.5) is 5.13 Å². The van der Waals surface area contributed by atoms with E-state index in [1.54, 1.807) is 19.1 Å². The highest BCUT2D eigenvalue weighted by Crippen LogP contribution is 2.31. The second-order valence-corrected chi connectivity index (χ2v) is 7.38. The number of ether oxygens (including phenoxy) is 1. The Morgan fingerprint density at radius 2 is 2.26 bits per heavy atom. The lowest BCUT2D eigenvalue weighted by Crippen LogP contribution is -2.48. The van der Waals surface area contributed by atoms with Crippen LogP contribution in [0.5, 0.6) is 0 Å². The Morgan fingerprint density at radius 3 is 2.96 bits per heavy atom. The largest absolute Gasteiger partial charge is 0.445 e. The van der Waals surface area contributed by atoms with Crippen molar-refractivity contribution in [1.82, 2.24) is 10.2 Å². The number of rotatable bonds is 3. The Labute approximate surface area is 145 Å². The van der Waals surface area contributed by atoms with Crippen LogP contribution in [0.1, 0.15) is 34.8 Å². The van der Waals surface area contributed by atoms with E-state index in [1.807, 2.05) is 13.0 Å². The Bertz CT molecular complexity index is 792. The Hall–Kier alpha value is -1.80. The van der Waals surface area contributed by atoms with Crippen LogP contribution in [0, 0.1) is 0 Å². The van der Waals surface area contributed by atoms with Crippen LogP contribution in [0.3, 0.4) is 0 Å². The van der Waals surface area contributed by atoms with Crippen molar-refractivity contribution in [1.29, 1.82) is 0 Å². The summed E-state index contributed by atoms with van der Waals surface area (Å²) in [5.74, 6) is -0.904. The number of fused-ring (bicyclic) bond motifs is 1. The van der Waals surface area contributed by atoms with Crippen LogP contribution < -0.4 is 5.32 Å². The van der Waals surface area contributed by atoms with Crippen molar-refractivity contribution < 1.29 is 14.3 Å². The van der Waals surface area contributed by atoms with Gasteiger partial charge < -0.3 is 4.74 Å². The molecule has 3 rings (SSSR count). The molecule has 1 unspecified atom stereocenters. The van der Waals surface area contributed by atoms with Gasteiger partial charge in [-0.3, -0.25) is 10.1 Å². The van der Waals surface area contributed by atoms with E-state index in [-0.39, 0.29) is 0 Å². The van der Waals surface area contributed by atoms with E-state index in [0.717, 1.165) is 21.5 Å². The number of nitrogens with one attached hydrogen (secondary N) is 1. The van der Waals surface area contributed by atoms with Crippen LogP contribution >= 0.6 is 27.3 Å². The zero-order valence-electron chi connectivity index (χ0n) is 12.6. The summed E-state index contributed by atoms with van der Waals surface area (Å²) in [5.41, 5.74) is -0.00872. The topological polar surface area (TPSA) is 81.2 Å². The molecule has 1 N–H and O–H groups in total. The highest BCUT2D eigenvalue weighted by molar-refractivity contribution is 9.10. The van der Waals surface area contributed by atoms with Gasteiger partial charge in [0.15, 0.2) is 5.60 Å². The fourth-order valence-corrected chi connectivity index (χ4v) is 3.45. The van der Waals surface area contributed by atoms with Crippen LogP contribution in [-0.2, 0) is 22.4 Å². The standard InChI is InChI=1S/C15H14BrN3O3S/c1-3-11-18-19-14(23-11)17-13(21)15(2)7-8-6-9(16)4-5-10(8)12(20)22-15/h4-6H,3,7H2,1-2H3,(H,17,19,21). The first-order valence-corrected chi connectivity index (χ1v) is 8.68. The second kappa shape index (κ2) is 6.01. The number of hydrogen-bond acceptors (Lipinski definition) is 6. The number of nitrogens with zero attached hydrogens (tertiary/aromatic N) is 2. The van der Waals surface area contributed by atoms with E-state index in [4.69, 9.17) is 4.74 Å². The van der Waals surface area contributed by atoms with Crippen LogP contribution in [-0.4, -0.2) is 27.7 Å². The zero-order valence-corrected chi connectivity index (χ0v) is 15.0. The van der Waals surface area contributed by atoms with Gasteiger partial charge in [0.1, 0.15) is 5.01 Å². The molecule has 6 nitrogen and oxygen atoms in total. The van der Waals surface area contributed by atoms with Crippen molar-refractivity contribution in [3.63, 3.8) is 0 Å². The van der Waals surface area contributed by atoms with Crippen molar-refractivity contribution in [2.24, 2.45) is 0 Å². The van der Waals surface area contributed by atoms with Crippen molar-refractivity contribution in [2.75, 3.05) is 5.32 Å². The van der Waals surface area contributed by atoms with Gasteiger partial charge in [-0.2, -0.15) is 0 Å². The number of aryl methyl sites for hydroxylation is 1. The summed E-state index contributed by atoms with van der Waals surface area (Å²) in [5, 5.41) is 11.8. The number of benzene rings is 1. The fraction of sp³-hybridized carbons (Fsp3) is 0.333. The molecule has 23 heavy (non-hydrogen) atoms. The number of esters is 1. The van der Waals surface area contributed by atoms with E-state index in [9.17, 15) is 9.59 Å². The molecule has 0 radical (unpaired) electrons. The van der Waals surface area contributed by atoms with Gasteiger partial charge >= 0.3 is 5.97 Å². The molecule has 1 aromatic carbocycles. The highest BCUT2D eigenvalue weighted by Gasteiger charge is 2.43. The lowest BCUT2D eigenvalue weighted by molar-refractivity contribution is -0.134. The lowest BCUT2D eigenvalue weighted by atomic mass is 9.89. The molecule has 2 aromatic rings. The predicted octanol–water partition coefficient (Wildman–Crippen LogP) is 2.97. The quantitative estimate of drug-likeness (QED) is 0.807. The average Bonchev–Trinajstić information content (AvgIpc) is 2.94. The van der Waals surface area contributed by atoms with E-state index in [2.05, 4.69) is 31.4 Å². The maximum atomic E-state index is 12.6. The van der Waals surface area contributed by atoms with Gasteiger partial charge in [-0.15, -0.1) is 10.2 Å². The zero-order chi connectivity index (χ0) is 16.6. The minimum Gasteiger partial charge on any atom is -0.445 e. The van der Waals surface area contributed by atoms with Crippen molar-refractivity contribution in [3.8, 4) is 0 Å². The van der Waals surface area contributed by atoms with E-state index in [1.165, 1.54) is 11.3 Å². The summed E-state index contributed by atoms with van der Waals surface area (Å²) in [4.78, 5) is 24.7. The Morgan fingerprint density at radius 1 is 1.48 bits per heavy atom. The minimum absolute atomic E-state index is 0.304. The molecule has 0 saturated heterocycles. The van der Waals surface area contributed by atoms with E-state index >= 15 is 0 Å². The second-order valence-electron chi connectivity index (χ2n) is 5.41. The third-order valence-electron chi connectivity index (χ3n) is 3.60. The van der Waals surface area contributed by atoms with Crippen molar-refractivity contribution in [2.45, 2.75) is 32.3 Å². The monoisotopic (exact) mass is 395 g/mol. The van der Waals surface area contributed by atoms with Crippen LogP contribution in [0.25, 0.3) is 0 Å². The summed E-state index contributed by atoms with van der Waals surface area (Å²) < 4.78 is 6.25. The summed E-state index contributed by atoms with van der Waals surface area (Å²) in [6, 6.07) is 5.30. The molecule has 0 saturated carbocycles. The van der Waals surface area contributed by atoms with Gasteiger partial charge in [0.05, 0.1) is 5.56 Å². The molecular formula is C15H14BrN3O3S. The fourth-order valence-electron chi connectivity index (χ4n) is 2.37. The number of cyclic esters (lactones) is 1. The smallest absolute Gasteiger partial charge is 0.339 e. The minimum atomic E-state index is -1.27. The molecule has 8 heteroatoms. The first kappa shape index (κ1) is 16.1. The van der Waals surface area contributed by atoms with Crippen molar-refractivity contribution in [3.05, 3.63) is 38.8 Å². The predicted molar refractivity (Wildman–Crippen MR) is 89.6 cm³/mol.